The molecule has 0 radical (unpaired) electrons. The minimum atomic E-state index is -0.421. The monoisotopic (exact) mass is 275 g/mol. The number of fused-ring (bicyclic) bond motifs is 1. The highest BCUT2D eigenvalue weighted by Gasteiger charge is 2.39. The Bertz CT molecular complexity index is 445. The van der Waals surface area contributed by atoms with Gasteiger partial charge < -0.3 is 9.84 Å². The first-order chi connectivity index (χ1) is 9.66. The van der Waals surface area contributed by atoms with Crippen LogP contribution >= 0.6 is 0 Å². The summed E-state index contributed by atoms with van der Waals surface area (Å²) in [5, 5.41) is 10.7. The van der Waals surface area contributed by atoms with E-state index in [0.29, 0.717) is 12.1 Å². The summed E-state index contributed by atoms with van der Waals surface area (Å²) in [5.74, 6) is 0. The quantitative estimate of drug-likeness (QED) is 0.920. The number of hydrogen-bond acceptors (Lipinski definition) is 3. The van der Waals surface area contributed by atoms with Crippen LogP contribution in [0, 0.1) is 6.92 Å². The number of nitrogens with zero attached hydrogens (tertiary/aromatic N) is 1. The van der Waals surface area contributed by atoms with Gasteiger partial charge in [0.15, 0.2) is 0 Å². The molecule has 0 bridgehead atoms. The SMILES string of the molecule is Cc1ccc(C(O)C(C)N2CCOC3CCCC32)cc1. The van der Waals surface area contributed by atoms with Crippen LogP contribution in [0.15, 0.2) is 24.3 Å². The summed E-state index contributed by atoms with van der Waals surface area (Å²) < 4.78 is 5.86. The normalized spacial score (nSPS) is 29.9. The summed E-state index contributed by atoms with van der Waals surface area (Å²) in [6, 6.07) is 8.88. The zero-order valence-corrected chi connectivity index (χ0v) is 12.5. The van der Waals surface area contributed by atoms with Gasteiger partial charge in [-0.2, -0.15) is 0 Å². The van der Waals surface area contributed by atoms with E-state index < -0.39 is 6.10 Å². The summed E-state index contributed by atoms with van der Waals surface area (Å²) in [6.45, 7) is 5.95. The van der Waals surface area contributed by atoms with Crippen LogP contribution in [0.3, 0.4) is 0 Å². The fraction of sp³-hybridized carbons (Fsp3) is 0.647. The minimum Gasteiger partial charge on any atom is -0.387 e. The van der Waals surface area contributed by atoms with Gasteiger partial charge in [-0.25, -0.2) is 0 Å². The lowest BCUT2D eigenvalue weighted by atomic mass is 9.98. The molecule has 4 atom stereocenters. The number of hydrogen-bond donors (Lipinski definition) is 1. The van der Waals surface area contributed by atoms with Gasteiger partial charge in [-0.05, 0) is 38.7 Å². The lowest BCUT2D eigenvalue weighted by Gasteiger charge is -2.43. The lowest BCUT2D eigenvalue weighted by Crippen LogP contribution is -2.53. The number of morpholine rings is 1. The topological polar surface area (TPSA) is 32.7 Å². The maximum absolute atomic E-state index is 10.7. The highest BCUT2D eigenvalue weighted by molar-refractivity contribution is 5.24. The molecule has 1 N–H and O–H groups in total. The average molecular weight is 275 g/mol. The van der Waals surface area contributed by atoms with Crippen LogP contribution in [-0.2, 0) is 4.74 Å². The summed E-state index contributed by atoms with van der Waals surface area (Å²) in [4.78, 5) is 2.46. The van der Waals surface area contributed by atoms with Gasteiger partial charge in [0, 0.05) is 18.6 Å². The first-order valence-corrected chi connectivity index (χ1v) is 7.79. The van der Waals surface area contributed by atoms with E-state index in [1.165, 1.54) is 24.8 Å². The third kappa shape index (κ3) is 2.62. The van der Waals surface area contributed by atoms with E-state index in [0.717, 1.165) is 18.7 Å². The number of rotatable bonds is 3. The van der Waals surface area contributed by atoms with E-state index in [2.05, 4.69) is 30.9 Å². The van der Waals surface area contributed by atoms with Crippen LogP contribution in [0.25, 0.3) is 0 Å². The molecule has 3 nitrogen and oxygen atoms in total. The molecule has 110 valence electrons. The smallest absolute Gasteiger partial charge is 0.0942 e. The van der Waals surface area contributed by atoms with E-state index in [9.17, 15) is 5.11 Å². The molecule has 0 spiro atoms. The zero-order valence-electron chi connectivity index (χ0n) is 12.5. The van der Waals surface area contributed by atoms with Crippen LogP contribution in [0.5, 0.6) is 0 Å². The van der Waals surface area contributed by atoms with E-state index in [1.807, 2.05) is 12.1 Å². The second-order valence-electron chi connectivity index (χ2n) is 6.24. The molecule has 1 heterocycles. The molecule has 4 unspecified atom stereocenters. The van der Waals surface area contributed by atoms with Crippen molar-refractivity contribution in [1.82, 2.24) is 4.90 Å². The number of ether oxygens (including phenoxy) is 1. The maximum atomic E-state index is 10.7. The molecule has 0 aromatic heterocycles. The Kier molecular flexibility index (Phi) is 4.11. The first kappa shape index (κ1) is 14.1. The molecule has 1 aliphatic carbocycles. The van der Waals surface area contributed by atoms with E-state index in [-0.39, 0.29) is 6.04 Å². The van der Waals surface area contributed by atoms with Crippen molar-refractivity contribution in [1.29, 1.82) is 0 Å². The fourth-order valence-electron chi connectivity index (χ4n) is 3.68. The zero-order chi connectivity index (χ0) is 14.1. The van der Waals surface area contributed by atoms with Crippen molar-refractivity contribution < 1.29 is 9.84 Å². The second-order valence-corrected chi connectivity index (χ2v) is 6.24. The van der Waals surface area contributed by atoms with Gasteiger partial charge in [0.05, 0.1) is 18.8 Å². The first-order valence-electron chi connectivity index (χ1n) is 7.79. The van der Waals surface area contributed by atoms with Gasteiger partial charge >= 0.3 is 0 Å². The average Bonchev–Trinajstić information content (AvgIpc) is 2.95. The van der Waals surface area contributed by atoms with Gasteiger partial charge in [0.1, 0.15) is 0 Å². The van der Waals surface area contributed by atoms with Crippen LogP contribution in [0.2, 0.25) is 0 Å². The standard InChI is InChI=1S/C17H25NO2/c1-12-6-8-14(9-7-12)17(19)13(2)18-10-11-20-16-5-3-4-15(16)18/h6-9,13,15-17,19H,3-5,10-11H2,1-2H3. The Morgan fingerprint density at radius 3 is 2.75 bits per heavy atom. The molecule has 1 aromatic rings. The van der Waals surface area contributed by atoms with Crippen molar-refractivity contribution in [3.05, 3.63) is 35.4 Å². The largest absolute Gasteiger partial charge is 0.387 e. The molecule has 3 heteroatoms. The van der Waals surface area contributed by atoms with Crippen molar-refractivity contribution in [2.45, 2.75) is 57.4 Å². The third-order valence-electron chi connectivity index (χ3n) is 4.92. The van der Waals surface area contributed by atoms with Crippen molar-refractivity contribution >= 4 is 0 Å². The van der Waals surface area contributed by atoms with E-state index in [1.54, 1.807) is 0 Å². The summed E-state index contributed by atoms with van der Waals surface area (Å²) >= 11 is 0. The van der Waals surface area contributed by atoms with Crippen LogP contribution in [0.1, 0.15) is 43.4 Å². The van der Waals surface area contributed by atoms with Gasteiger partial charge in [-0.3, -0.25) is 4.90 Å². The highest BCUT2D eigenvalue weighted by Crippen LogP contribution is 2.33. The fourth-order valence-corrected chi connectivity index (χ4v) is 3.68. The Morgan fingerprint density at radius 1 is 1.25 bits per heavy atom. The number of aliphatic hydroxyl groups is 1. The van der Waals surface area contributed by atoms with Crippen molar-refractivity contribution in [3.8, 4) is 0 Å². The van der Waals surface area contributed by atoms with Crippen molar-refractivity contribution in [3.63, 3.8) is 0 Å². The Balaban J connectivity index is 1.73. The maximum Gasteiger partial charge on any atom is 0.0942 e. The lowest BCUT2D eigenvalue weighted by molar-refractivity contribution is -0.0885. The predicted molar refractivity (Wildman–Crippen MR) is 79.7 cm³/mol. The molecule has 1 aliphatic heterocycles. The molecule has 0 amide bonds. The van der Waals surface area contributed by atoms with Crippen molar-refractivity contribution in [2.24, 2.45) is 0 Å². The third-order valence-corrected chi connectivity index (χ3v) is 4.92. The minimum absolute atomic E-state index is 0.146. The number of benzene rings is 1. The number of aliphatic hydroxyl groups excluding tert-OH is 1. The van der Waals surface area contributed by atoms with Crippen LogP contribution < -0.4 is 0 Å². The molecular weight excluding hydrogens is 250 g/mol. The van der Waals surface area contributed by atoms with Gasteiger partial charge in [-0.15, -0.1) is 0 Å². The molecule has 2 aliphatic rings. The van der Waals surface area contributed by atoms with Crippen LogP contribution in [-0.4, -0.2) is 41.3 Å². The molecule has 1 saturated carbocycles. The Hall–Kier alpha value is -0.900. The Morgan fingerprint density at radius 2 is 2.00 bits per heavy atom. The second kappa shape index (κ2) is 5.84. The van der Waals surface area contributed by atoms with Gasteiger partial charge in [-0.1, -0.05) is 29.8 Å². The molecular formula is C17H25NO2. The molecule has 20 heavy (non-hydrogen) atoms. The summed E-state index contributed by atoms with van der Waals surface area (Å²) in [5.41, 5.74) is 2.25. The van der Waals surface area contributed by atoms with E-state index in [4.69, 9.17) is 4.74 Å². The summed E-state index contributed by atoms with van der Waals surface area (Å²) in [7, 11) is 0. The summed E-state index contributed by atoms with van der Waals surface area (Å²) in [6.07, 6.45) is 3.59. The molecule has 1 saturated heterocycles. The molecule has 2 fully saturated rings. The Labute approximate surface area is 121 Å². The predicted octanol–water partition coefficient (Wildman–Crippen LogP) is 2.67. The van der Waals surface area contributed by atoms with Crippen molar-refractivity contribution in [2.75, 3.05) is 13.2 Å². The van der Waals surface area contributed by atoms with E-state index >= 15 is 0 Å². The number of aryl methyl sites for hydroxylation is 1. The molecule has 3 rings (SSSR count). The van der Waals surface area contributed by atoms with Gasteiger partial charge in [0.2, 0.25) is 0 Å². The van der Waals surface area contributed by atoms with Crippen LogP contribution in [0.4, 0.5) is 0 Å². The molecule has 1 aromatic carbocycles. The van der Waals surface area contributed by atoms with Gasteiger partial charge in [0.25, 0.3) is 0 Å². The highest BCUT2D eigenvalue weighted by atomic mass is 16.5.